The number of hydrogen-bond acceptors (Lipinski definition) is 3. The third-order valence-corrected chi connectivity index (χ3v) is 4.03. The van der Waals surface area contributed by atoms with Crippen LogP contribution in [-0.4, -0.2) is 28.6 Å². The molecule has 0 spiro atoms. The zero-order valence-electron chi connectivity index (χ0n) is 12.0. The van der Waals surface area contributed by atoms with Gasteiger partial charge < -0.3 is 16.2 Å². The number of aliphatic carboxylic acids is 1. The highest BCUT2D eigenvalue weighted by Gasteiger charge is 2.32. The van der Waals surface area contributed by atoms with Crippen molar-refractivity contribution in [1.29, 1.82) is 0 Å². The maximum atomic E-state index is 12.1. The molecule has 1 atom stereocenters. The van der Waals surface area contributed by atoms with E-state index in [1.807, 2.05) is 30.3 Å². The predicted molar refractivity (Wildman–Crippen MR) is 79.7 cm³/mol. The standard InChI is InChI=1S/C16H22N2O3/c17-16(8-4-5-9-16)11-14(19)18-13(15(20)21)10-12-6-2-1-3-7-12/h1-3,6-7,13H,4-5,8-11,17H2,(H,18,19)(H,20,21)/t13-/m1/s1. The van der Waals surface area contributed by atoms with E-state index >= 15 is 0 Å². The summed E-state index contributed by atoms with van der Waals surface area (Å²) in [7, 11) is 0. The van der Waals surface area contributed by atoms with Crippen molar-refractivity contribution in [3.8, 4) is 0 Å². The Balaban J connectivity index is 1.93. The maximum Gasteiger partial charge on any atom is 0.326 e. The summed E-state index contributed by atoms with van der Waals surface area (Å²) in [4.78, 5) is 23.4. The van der Waals surface area contributed by atoms with Crippen LogP contribution in [0, 0.1) is 0 Å². The average molecular weight is 290 g/mol. The largest absolute Gasteiger partial charge is 0.480 e. The number of carboxylic acid groups (broad SMARTS) is 1. The second-order valence-electron chi connectivity index (χ2n) is 5.89. The molecule has 0 aliphatic heterocycles. The van der Waals surface area contributed by atoms with Crippen LogP contribution in [0.15, 0.2) is 30.3 Å². The highest BCUT2D eigenvalue weighted by molar-refractivity contribution is 5.84. The number of amides is 1. The van der Waals surface area contributed by atoms with Crippen molar-refractivity contribution in [3.63, 3.8) is 0 Å². The molecule has 0 aromatic heterocycles. The van der Waals surface area contributed by atoms with Crippen LogP contribution in [0.4, 0.5) is 0 Å². The van der Waals surface area contributed by atoms with Crippen LogP contribution >= 0.6 is 0 Å². The number of benzene rings is 1. The van der Waals surface area contributed by atoms with Crippen LogP contribution in [0.1, 0.15) is 37.7 Å². The molecule has 5 heteroatoms. The van der Waals surface area contributed by atoms with Gasteiger partial charge in [-0.2, -0.15) is 0 Å². The van der Waals surface area contributed by atoms with E-state index < -0.39 is 17.6 Å². The topological polar surface area (TPSA) is 92.4 Å². The first-order valence-corrected chi connectivity index (χ1v) is 7.33. The number of carbonyl (C=O) groups excluding carboxylic acids is 1. The molecular weight excluding hydrogens is 268 g/mol. The quantitative estimate of drug-likeness (QED) is 0.739. The zero-order chi connectivity index (χ0) is 15.3. The normalized spacial score (nSPS) is 18.1. The summed E-state index contributed by atoms with van der Waals surface area (Å²) in [6, 6.07) is 8.36. The Hall–Kier alpha value is -1.88. The lowest BCUT2D eigenvalue weighted by molar-refractivity contribution is -0.142. The summed E-state index contributed by atoms with van der Waals surface area (Å²) in [5.74, 6) is -1.30. The fraction of sp³-hybridized carbons (Fsp3) is 0.500. The van der Waals surface area contributed by atoms with E-state index in [-0.39, 0.29) is 18.7 Å². The lowest BCUT2D eigenvalue weighted by atomic mass is 9.94. The summed E-state index contributed by atoms with van der Waals surface area (Å²) >= 11 is 0. The number of carboxylic acids is 1. The van der Waals surface area contributed by atoms with E-state index in [4.69, 9.17) is 5.73 Å². The summed E-state index contributed by atoms with van der Waals surface area (Å²) in [5, 5.41) is 11.9. The van der Waals surface area contributed by atoms with E-state index in [2.05, 4.69) is 5.32 Å². The molecule has 1 aliphatic carbocycles. The average Bonchev–Trinajstić information content (AvgIpc) is 2.85. The fourth-order valence-electron chi connectivity index (χ4n) is 2.87. The Morgan fingerprint density at radius 1 is 1.24 bits per heavy atom. The molecule has 0 saturated heterocycles. The minimum absolute atomic E-state index is 0.200. The third kappa shape index (κ3) is 4.56. The molecule has 1 saturated carbocycles. The number of nitrogens with one attached hydrogen (secondary N) is 1. The van der Waals surface area contributed by atoms with E-state index in [1.54, 1.807) is 0 Å². The first-order valence-electron chi connectivity index (χ1n) is 7.33. The van der Waals surface area contributed by atoms with Crippen LogP contribution in [0.3, 0.4) is 0 Å². The smallest absolute Gasteiger partial charge is 0.326 e. The van der Waals surface area contributed by atoms with Gasteiger partial charge in [0.2, 0.25) is 5.91 Å². The molecule has 0 radical (unpaired) electrons. The van der Waals surface area contributed by atoms with Gasteiger partial charge in [0.25, 0.3) is 0 Å². The third-order valence-electron chi connectivity index (χ3n) is 4.03. The minimum atomic E-state index is -1.02. The molecule has 1 aliphatic rings. The first kappa shape index (κ1) is 15.5. The second kappa shape index (κ2) is 6.72. The molecule has 0 bridgehead atoms. The van der Waals surface area contributed by atoms with E-state index in [0.717, 1.165) is 31.2 Å². The molecule has 2 rings (SSSR count). The number of carbonyl (C=O) groups is 2. The molecule has 4 N–H and O–H groups in total. The molecule has 1 amide bonds. The molecule has 1 aromatic carbocycles. The highest BCUT2D eigenvalue weighted by Crippen LogP contribution is 2.29. The number of hydrogen-bond donors (Lipinski definition) is 3. The van der Waals surface area contributed by atoms with Gasteiger partial charge >= 0.3 is 5.97 Å². The highest BCUT2D eigenvalue weighted by atomic mass is 16.4. The van der Waals surface area contributed by atoms with Crippen molar-refractivity contribution in [1.82, 2.24) is 5.32 Å². The van der Waals surface area contributed by atoms with Crippen LogP contribution in [0.5, 0.6) is 0 Å². The Kier molecular flexibility index (Phi) is 4.96. The minimum Gasteiger partial charge on any atom is -0.480 e. The van der Waals surface area contributed by atoms with Crippen molar-refractivity contribution in [2.24, 2.45) is 5.73 Å². The molecule has 21 heavy (non-hydrogen) atoms. The van der Waals surface area contributed by atoms with Crippen LogP contribution in [0.2, 0.25) is 0 Å². The molecule has 1 aromatic rings. The van der Waals surface area contributed by atoms with Crippen LogP contribution < -0.4 is 11.1 Å². The zero-order valence-corrected chi connectivity index (χ0v) is 12.0. The number of nitrogens with two attached hydrogens (primary N) is 1. The lowest BCUT2D eigenvalue weighted by Gasteiger charge is -2.24. The summed E-state index contributed by atoms with van der Waals surface area (Å²) in [5.41, 5.74) is 6.58. The SMILES string of the molecule is NC1(CC(=O)N[C@H](Cc2ccccc2)C(=O)O)CCCC1. The molecule has 5 nitrogen and oxygen atoms in total. The van der Waals surface area contributed by atoms with E-state index in [9.17, 15) is 14.7 Å². The van der Waals surface area contributed by atoms with Gasteiger partial charge in [0.1, 0.15) is 6.04 Å². The van der Waals surface area contributed by atoms with Crippen molar-refractivity contribution in [2.45, 2.75) is 50.1 Å². The second-order valence-corrected chi connectivity index (χ2v) is 5.89. The molecular formula is C16H22N2O3. The van der Waals surface area contributed by atoms with Gasteiger partial charge in [-0.1, -0.05) is 43.2 Å². The Morgan fingerprint density at radius 3 is 2.43 bits per heavy atom. The summed E-state index contributed by atoms with van der Waals surface area (Å²) in [6.45, 7) is 0. The fourth-order valence-corrected chi connectivity index (χ4v) is 2.87. The Bertz CT molecular complexity index is 496. The molecule has 0 unspecified atom stereocenters. The van der Waals surface area contributed by atoms with Gasteiger partial charge in [-0.15, -0.1) is 0 Å². The predicted octanol–water partition coefficient (Wildman–Crippen LogP) is 1.46. The van der Waals surface area contributed by atoms with Gasteiger partial charge in [-0.25, -0.2) is 4.79 Å². The summed E-state index contributed by atoms with van der Waals surface area (Å²) < 4.78 is 0. The maximum absolute atomic E-state index is 12.1. The monoisotopic (exact) mass is 290 g/mol. The van der Waals surface area contributed by atoms with E-state index in [1.165, 1.54) is 0 Å². The van der Waals surface area contributed by atoms with Gasteiger partial charge in [-0.3, -0.25) is 4.79 Å². The van der Waals surface area contributed by atoms with Crippen LogP contribution in [-0.2, 0) is 16.0 Å². The molecule has 114 valence electrons. The van der Waals surface area contributed by atoms with Gasteiger partial charge in [-0.05, 0) is 18.4 Å². The van der Waals surface area contributed by atoms with Crippen molar-refractivity contribution in [2.75, 3.05) is 0 Å². The lowest BCUT2D eigenvalue weighted by Crippen LogP contribution is -2.47. The molecule has 0 heterocycles. The summed E-state index contributed by atoms with van der Waals surface area (Å²) in [6.07, 6.45) is 4.21. The van der Waals surface area contributed by atoms with Crippen molar-refractivity contribution < 1.29 is 14.7 Å². The first-order chi connectivity index (χ1) is 9.98. The van der Waals surface area contributed by atoms with Gasteiger partial charge in [0.15, 0.2) is 0 Å². The molecule has 1 fully saturated rings. The van der Waals surface area contributed by atoms with Crippen molar-refractivity contribution in [3.05, 3.63) is 35.9 Å². The number of rotatable bonds is 6. The van der Waals surface area contributed by atoms with E-state index in [0.29, 0.717) is 0 Å². The Morgan fingerprint density at radius 2 is 1.86 bits per heavy atom. The van der Waals surface area contributed by atoms with Gasteiger partial charge in [0.05, 0.1) is 0 Å². The Labute approximate surface area is 124 Å². The van der Waals surface area contributed by atoms with Crippen LogP contribution in [0.25, 0.3) is 0 Å². The van der Waals surface area contributed by atoms with Crippen molar-refractivity contribution >= 4 is 11.9 Å². The van der Waals surface area contributed by atoms with Gasteiger partial charge in [0, 0.05) is 18.4 Å².